The molecular formula is C22H23ClN4O5S. The highest BCUT2D eigenvalue weighted by Crippen LogP contribution is 2.33. The smallest absolute Gasteiger partial charge is 0.243 e. The van der Waals surface area contributed by atoms with Crippen LogP contribution in [0.3, 0.4) is 0 Å². The first-order valence-corrected chi connectivity index (χ1v) is 12.5. The van der Waals surface area contributed by atoms with Gasteiger partial charge in [0.15, 0.2) is 11.5 Å². The monoisotopic (exact) mass is 490 g/mol. The molecule has 3 heterocycles. The predicted molar refractivity (Wildman–Crippen MR) is 121 cm³/mol. The summed E-state index contributed by atoms with van der Waals surface area (Å²) in [6.07, 6.45) is 0.763. The Hall–Kier alpha value is -2.66. The van der Waals surface area contributed by atoms with Gasteiger partial charge in [0, 0.05) is 49.3 Å². The van der Waals surface area contributed by atoms with Gasteiger partial charge in [0.05, 0.1) is 24.7 Å². The highest BCUT2D eigenvalue weighted by Gasteiger charge is 2.30. The molecule has 5 rings (SSSR count). The van der Waals surface area contributed by atoms with Crippen molar-refractivity contribution < 1.29 is 22.4 Å². The molecule has 2 aliphatic rings. The minimum absolute atomic E-state index is 0.211. The summed E-state index contributed by atoms with van der Waals surface area (Å²) >= 11 is 6.03. The Kier molecular flexibility index (Phi) is 6.24. The maximum Gasteiger partial charge on any atom is 0.243 e. The highest BCUT2D eigenvalue weighted by atomic mass is 35.5. The zero-order valence-corrected chi connectivity index (χ0v) is 19.4. The van der Waals surface area contributed by atoms with Gasteiger partial charge >= 0.3 is 0 Å². The largest absolute Gasteiger partial charge is 0.490 e. The lowest BCUT2D eigenvalue weighted by molar-refractivity contribution is 0.163. The third-order valence-electron chi connectivity index (χ3n) is 5.60. The van der Waals surface area contributed by atoms with Crippen molar-refractivity contribution in [2.24, 2.45) is 0 Å². The summed E-state index contributed by atoms with van der Waals surface area (Å²) in [7, 11) is -3.63. The average molecular weight is 491 g/mol. The van der Waals surface area contributed by atoms with E-state index in [4.69, 9.17) is 25.6 Å². The Balaban J connectivity index is 1.22. The molecule has 0 amide bonds. The van der Waals surface area contributed by atoms with Crippen molar-refractivity contribution >= 4 is 21.6 Å². The fourth-order valence-electron chi connectivity index (χ4n) is 3.84. The number of nitrogens with zero attached hydrogens (tertiary/aromatic N) is 4. The topological polar surface area (TPSA) is 98.0 Å². The summed E-state index contributed by atoms with van der Waals surface area (Å²) in [6, 6.07) is 12.0. The predicted octanol–water partition coefficient (Wildman–Crippen LogP) is 3.06. The van der Waals surface area contributed by atoms with Crippen LogP contribution in [0.1, 0.15) is 12.3 Å². The molecule has 2 aromatic carbocycles. The van der Waals surface area contributed by atoms with Crippen molar-refractivity contribution in [2.45, 2.75) is 17.9 Å². The molecule has 33 heavy (non-hydrogen) atoms. The van der Waals surface area contributed by atoms with Gasteiger partial charge in [-0.25, -0.2) is 8.42 Å². The normalized spacial score (nSPS) is 17.6. The quantitative estimate of drug-likeness (QED) is 0.538. The third-order valence-corrected chi connectivity index (χ3v) is 7.73. The summed E-state index contributed by atoms with van der Waals surface area (Å²) in [5.41, 5.74) is 0.781. The Morgan fingerprint density at radius 2 is 1.76 bits per heavy atom. The van der Waals surface area contributed by atoms with Crippen LogP contribution in [0.5, 0.6) is 11.5 Å². The Labute approximate surface area is 196 Å². The van der Waals surface area contributed by atoms with E-state index < -0.39 is 10.0 Å². The molecule has 0 saturated carbocycles. The van der Waals surface area contributed by atoms with Gasteiger partial charge in [0.25, 0.3) is 0 Å². The standard InChI is InChI=1S/C22H23ClN4O5S/c23-17-4-1-3-16(13-17)22-24-21(32-25-22)15-26-7-9-27(10-8-26)33(28,29)18-5-6-19-20(14-18)31-12-2-11-30-19/h1,3-6,13-14H,2,7-12,15H2. The van der Waals surface area contributed by atoms with Crippen LogP contribution in [0.15, 0.2) is 51.9 Å². The van der Waals surface area contributed by atoms with Crippen LogP contribution in [0.2, 0.25) is 5.02 Å². The van der Waals surface area contributed by atoms with Crippen LogP contribution in [0, 0.1) is 0 Å². The fraction of sp³-hybridized carbons (Fsp3) is 0.364. The molecule has 0 unspecified atom stereocenters. The van der Waals surface area contributed by atoms with Crippen LogP contribution in [-0.4, -0.2) is 67.2 Å². The Morgan fingerprint density at radius 1 is 0.970 bits per heavy atom. The van der Waals surface area contributed by atoms with E-state index in [9.17, 15) is 8.42 Å². The Morgan fingerprint density at radius 3 is 2.55 bits per heavy atom. The molecule has 0 aliphatic carbocycles. The van der Waals surface area contributed by atoms with Crippen molar-refractivity contribution in [1.29, 1.82) is 0 Å². The third kappa shape index (κ3) is 4.84. The van der Waals surface area contributed by atoms with E-state index in [1.807, 2.05) is 12.1 Å². The van der Waals surface area contributed by atoms with E-state index >= 15 is 0 Å². The second-order valence-corrected chi connectivity index (χ2v) is 10.2. The van der Waals surface area contributed by atoms with Gasteiger partial charge in [0.1, 0.15) is 0 Å². The Bertz CT molecular complexity index is 1240. The molecule has 2 aliphatic heterocycles. The number of ether oxygens (including phenoxy) is 2. The molecule has 1 saturated heterocycles. The molecule has 1 aromatic heterocycles. The van der Waals surface area contributed by atoms with Gasteiger partial charge in [-0.2, -0.15) is 9.29 Å². The zero-order chi connectivity index (χ0) is 22.8. The van der Waals surface area contributed by atoms with Gasteiger partial charge in [-0.05, 0) is 24.3 Å². The van der Waals surface area contributed by atoms with Gasteiger partial charge < -0.3 is 14.0 Å². The molecular weight excluding hydrogens is 468 g/mol. The summed E-state index contributed by atoms with van der Waals surface area (Å²) < 4.78 is 44.5. The first-order valence-electron chi connectivity index (χ1n) is 10.7. The number of piperazine rings is 1. The lowest BCUT2D eigenvalue weighted by atomic mass is 10.2. The minimum Gasteiger partial charge on any atom is -0.490 e. The summed E-state index contributed by atoms with van der Waals surface area (Å²) in [4.78, 5) is 6.75. The lowest BCUT2D eigenvalue weighted by Crippen LogP contribution is -2.48. The van der Waals surface area contributed by atoms with E-state index in [2.05, 4.69) is 15.0 Å². The average Bonchev–Trinajstić information content (AvgIpc) is 3.15. The van der Waals surface area contributed by atoms with Crippen LogP contribution in [-0.2, 0) is 16.6 Å². The van der Waals surface area contributed by atoms with E-state index in [1.54, 1.807) is 30.3 Å². The summed E-state index contributed by atoms with van der Waals surface area (Å²) in [6.45, 7) is 3.35. The fourth-order valence-corrected chi connectivity index (χ4v) is 5.46. The number of rotatable bonds is 5. The molecule has 1 fully saturated rings. The van der Waals surface area contributed by atoms with Crippen molar-refractivity contribution in [1.82, 2.24) is 19.3 Å². The number of aromatic nitrogens is 2. The molecule has 0 radical (unpaired) electrons. The number of fused-ring (bicyclic) bond motifs is 1. The summed E-state index contributed by atoms with van der Waals surface area (Å²) in [5, 5.41) is 4.63. The second-order valence-electron chi connectivity index (χ2n) is 7.86. The maximum absolute atomic E-state index is 13.2. The summed E-state index contributed by atoms with van der Waals surface area (Å²) in [5.74, 6) is 2.00. The number of hydrogen-bond donors (Lipinski definition) is 0. The van der Waals surface area contributed by atoms with Gasteiger partial charge in [0.2, 0.25) is 21.7 Å². The second kappa shape index (κ2) is 9.30. The number of hydrogen-bond acceptors (Lipinski definition) is 8. The molecule has 11 heteroatoms. The van der Waals surface area contributed by atoms with Crippen molar-refractivity contribution in [3.63, 3.8) is 0 Å². The molecule has 9 nitrogen and oxygen atoms in total. The molecule has 0 spiro atoms. The molecule has 0 atom stereocenters. The number of benzene rings is 2. The van der Waals surface area contributed by atoms with Crippen LogP contribution < -0.4 is 9.47 Å². The van der Waals surface area contributed by atoms with E-state index in [1.165, 1.54) is 4.31 Å². The number of sulfonamides is 1. The molecule has 174 valence electrons. The number of halogens is 1. The molecule has 0 N–H and O–H groups in total. The van der Waals surface area contributed by atoms with Gasteiger partial charge in [-0.15, -0.1) is 0 Å². The van der Waals surface area contributed by atoms with Gasteiger partial charge in [-0.3, -0.25) is 4.90 Å². The van der Waals surface area contributed by atoms with Crippen LogP contribution >= 0.6 is 11.6 Å². The SMILES string of the molecule is O=S(=O)(c1ccc2c(c1)OCCCO2)N1CCN(Cc2nc(-c3cccc(Cl)c3)no2)CC1. The van der Waals surface area contributed by atoms with E-state index in [-0.39, 0.29) is 4.90 Å². The van der Waals surface area contributed by atoms with Crippen LogP contribution in [0.25, 0.3) is 11.4 Å². The first-order chi connectivity index (χ1) is 16.0. The van der Waals surface area contributed by atoms with E-state index in [0.29, 0.717) is 74.2 Å². The van der Waals surface area contributed by atoms with Crippen molar-refractivity contribution in [3.8, 4) is 22.9 Å². The van der Waals surface area contributed by atoms with Crippen molar-refractivity contribution in [3.05, 3.63) is 53.4 Å². The molecule has 0 bridgehead atoms. The molecule has 3 aromatic rings. The zero-order valence-electron chi connectivity index (χ0n) is 17.8. The minimum atomic E-state index is -3.63. The maximum atomic E-state index is 13.2. The van der Waals surface area contributed by atoms with Crippen molar-refractivity contribution in [2.75, 3.05) is 39.4 Å². The van der Waals surface area contributed by atoms with Gasteiger partial charge in [-0.1, -0.05) is 28.9 Å². The lowest BCUT2D eigenvalue weighted by Gasteiger charge is -2.33. The van der Waals surface area contributed by atoms with E-state index in [0.717, 1.165) is 12.0 Å². The highest BCUT2D eigenvalue weighted by molar-refractivity contribution is 7.89. The van der Waals surface area contributed by atoms with Crippen LogP contribution in [0.4, 0.5) is 0 Å². The first kappa shape index (κ1) is 22.1.